The Balaban J connectivity index is 2.43. The summed E-state index contributed by atoms with van der Waals surface area (Å²) in [5, 5.41) is 0.954. The number of sulfonamides is 1. The van der Waals surface area contributed by atoms with Crippen molar-refractivity contribution >= 4 is 38.9 Å². The monoisotopic (exact) mass is 329 g/mol. The van der Waals surface area contributed by atoms with Gasteiger partial charge in [0.05, 0.1) is 23.5 Å². The third-order valence-corrected chi connectivity index (χ3v) is 4.42. The van der Waals surface area contributed by atoms with Crippen LogP contribution in [0.3, 0.4) is 0 Å². The van der Waals surface area contributed by atoms with Gasteiger partial charge in [0.25, 0.3) is 0 Å². The topological polar surface area (TPSA) is 37.4 Å². The number of hydrogen-bond donors (Lipinski definition) is 0. The Hall–Kier alpha value is -1.23. The van der Waals surface area contributed by atoms with E-state index in [1.165, 1.54) is 4.31 Å². The molecule has 0 spiro atoms. The van der Waals surface area contributed by atoms with Gasteiger partial charge in [0.15, 0.2) is 0 Å². The molecule has 3 nitrogen and oxygen atoms in total. The summed E-state index contributed by atoms with van der Waals surface area (Å²) >= 11 is 12.0. The van der Waals surface area contributed by atoms with Crippen molar-refractivity contribution in [3.05, 3.63) is 64.1 Å². The van der Waals surface area contributed by atoms with Crippen LogP contribution in [0.5, 0.6) is 0 Å². The number of hydrogen-bond acceptors (Lipinski definition) is 2. The highest BCUT2D eigenvalue weighted by Crippen LogP contribution is 2.29. The number of halogens is 2. The Morgan fingerprint density at radius 3 is 2.35 bits per heavy atom. The van der Waals surface area contributed by atoms with Gasteiger partial charge in [-0.1, -0.05) is 47.5 Å². The van der Waals surface area contributed by atoms with Gasteiger partial charge in [-0.2, -0.15) is 0 Å². The number of nitrogens with zero attached hydrogens (tertiary/aromatic N) is 1. The Bertz CT molecular complexity index is 717. The third kappa shape index (κ3) is 3.66. The molecule has 2 aromatic rings. The second-order valence-corrected chi connectivity index (χ2v) is 7.10. The van der Waals surface area contributed by atoms with Crippen molar-refractivity contribution in [2.45, 2.75) is 6.54 Å². The number of rotatable bonds is 4. The molecule has 0 saturated heterocycles. The van der Waals surface area contributed by atoms with Crippen molar-refractivity contribution in [3.8, 4) is 0 Å². The minimum atomic E-state index is -3.45. The van der Waals surface area contributed by atoms with Crippen molar-refractivity contribution in [2.75, 3.05) is 10.6 Å². The lowest BCUT2D eigenvalue weighted by molar-refractivity contribution is 0.596. The normalized spacial score (nSPS) is 11.3. The highest BCUT2D eigenvalue weighted by atomic mass is 35.5. The zero-order chi connectivity index (χ0) is 14.8. The summed E-state index contributed by atoms with van der Waals surface area (Å²) in [5.41, 5.74) is 1.25. The molecule has 20 heavy (non-hydrogen) atoms. The van der Waals surface area contributed by atoms with Gasteiger partial charge in [0, 0.05) is 5.02 Å². The van der Waals surface area contributed by atoms with Crippen LogP contribution < -0.4 is 4.31 Å². The zero-order valence-corrected chi connectivity index (χ0v) is 13.1. The van der Waals surface area contributed by atoms with Crippen LogP contribution in [0.25, 0.3) is 0 Å². The molecule has 0 aliphatic heterocycles. The largest absolute Gasteiger partial charge is 0.265 e. The van der Waals surface area contributed by atoms with Gasteiger partial charge in [-0.3, -0.25) is 4.31 Å². The molecule has 6 heteroatoms. The smallest absolute Gasteiger partial charge is 0.232 e. The maximum atomic E-state index is 12.0. The molecule has 0 unspecified atom stereocenters. The second-order valence-electron chi connectivity index (χ2n) is 4.35. The van der Waals surface area contributed by atoms with Crippen LogP contribution in [0.2, 0.25) is 10.0 Å². The minimum absolute atomic E-state index is 0.184. The summed E-state index contributed by atoms with van der Waals surface area (Å²) in [4.78, 5) is 0. The maximum absolute atomic E-state index is 12.0. The number of anilines is 1. The lowest BCUT2D eigenvalue weighted by atomic mass is 10.2. The molecule has 106 valence electrons. The molecule has 0 fully saturated rings. The van der Waals surface area contributed by atoms with E-state index in [9.17, 15) is 8.42 Å². The first kappa shape index (κ1) is 15.2. The molecular weight excluding hydrogens is 317 g/mol. The Labute approximate surface area is 128 Å². The standard InChI is InChI=1S/C14H13Cl2NO2S/c1-20(18,19)17(14-8-3-2-7-13(14)16)10-11-5-4-6-12(15)9-11/h2-9H,10H2,1H3. The zero-order valence-electron chi connectivity index (χ0n) is 10.8. The van der Waals surface area contributed by atoms with E-state index in [0.29, 0.717) is 15.7 Å². The number of benzene rings is 2. The molecule has 0 aliphatic carbocycles. The summed E-state index contributed by atoms with van der Waals surface area (Å²) in [6, 6.07) is 13.9. The van der Waals surface area contributed by atoms with E-state index in [4.69, 9.17) is 23.2 Å². The van der Waals surface area contributed by atoms with Gasteiger partial charge in [-0.05, 0) is 29.8 Å². The molecule has 0 aliphatic rings. The van der Waals surface area contributed by atoms with Gasteiger partial charge in [0.2, 0.25) is 10.0 Å². The third-order valence-electron chi connectivity index (χ3n) is 2.74. The predicted octanol–water partition coefficient (Wildman–Crippen LogP) is 3.96. The van der Waals surface area contributed by atoms with Gasteiger partial charge in [-0.15, -0.1) is 0 Å². The summed E-state index contributed by atoms with van der Waals surface area (Å²) in [6.45, 7) is 0.184. The quantitative estimate of drug-likeness (QED) is 0.851. The first-order chi connectivity index (χ1) is 9.38. The van der Waals surface area contributed by atoms with E-state index in [1.54, 1.807) is 42.5 Å². The molecule has 0 aromatic heterocycles. The van der Waals surface area contributed by atoms with Crippen LogP contribution in [0.1, 0.15) is 5.56 Å². The minimum Gasteiger partial charge on any atom is -0.265 e. The van der Waals surface area contributed by atoms with Crippen molar-refractivity contribution in [1.29, 1.82) is 0 Å². The van der Waals surface area contributed by atoms with Crippen LogP contribution >= 0.6 is 23.2 Å². The maximum Gasteiger partial charge on any atom is 0.232 e. The Kier molecular flexibility index (Phi) is 4.58. The fourth-order valence-electron chi connectivity index (χ4n) is 1.84. The molecule has 0 atom stereocenters. The van der Waals surface area contributed by atoms with Gasteiger partial charge >= 0.3 is 0 Å². The SMILES string of the molecule is CS(=O)(=O)N(Cc1cccc(Cl)c1)c1ccccc1Cl. The van der Waals surface area contributed by atoms with E-state index >= 15 is 0 Å². The predicted molar refractivity (Wildman–Crippen MR) is 83.9 cm³/mol. The molecule has 0 N–H and O–H groups in total. The van der Waals surface area contributed by atoms with Gasteiger partial charge in [-0.25, -0.2) is 8.42 Å². The second kappa shape index (κ2) is 6.04. The van der Waals surface area contributed by atoms with Crippen LogP contribution in [0.4, 0.5) is 5.69 Å². The highest BCUT2D eigenvalue weighted by molar-refractivity contribution is 7.92. The van der Waals surface area contributed by atoms with E-state index < -0.39 is 10.0 Å². The Morgan fingerprint density at radius 2 is 1.75 bits per heavy atom. The number of para-hydroxylation sites is 1. The lowest BCUT2D eigenvalue weighted by Gasteiger charge is -2.23. The first-order valence-corrected chi connectivity index (χ1v) is 8.45. The van der Waals surface area contributed by atoms with Crippen molar-refractivity contribution < 1.29 is 8.42 Å². The highest BCUT2D eigenvalue weighted by Gasteiger charge is 2.20. The van der Waals surface area contributed by atoms with Gasteiger partial charge in [0.1, 0.15) is 0 Å². The fraction of sp³-hybridized carbons (Fsp3) is 0.143. The van der Waals surface area contributed by atoms with Crippen LogP contribution in [0.15, 0.2) is 48.5 Å². The van der Waals surface area contributed by atoms with E-state index in [0.717, 1.165) is 11.8 Å². The average molecular weight is 330 g/mol. The van der Waals surface area contributed by atoms with Crippen LogP contribution in [-0.2, 0) is 16.6 Å². The van der Waals surface area contributed by atoms with Gasteiger partial charge < -0.3 is 0 Å². The molecule has 2 aromatic carbocycles. The molecule has 0 amide bonds. The summed E-state index contributed by atoms with van der Waals surface area (Å²) in [6.07, 6.45) is 1.15. The van der Waals surface area contributed by atoms with Crippen molar-refractivity contribution in [1.82, 2.24) is 0 Å². The molecule has 0 saturated carbocycles. The molecule has 0 bridgehead atoms. The van der Waals surface area contributed by atoms with E-state index in [2.05, 4.69) is 0 Å². The van der Waals surface area contributed by atoms with Crippen molar-refractivity contribution in [3.63, 3.8) is 0 Å². The first-order valence-electron chi connectivity index (χ1n) is 5.84. The molecule has 0 radical (unpaired) electrons. The molecular formula is C14H13Cl2NO2S. The molecule has 0 heterocycles. The lowest BCUT2D eigenvalue weighted by Crippen LogP contribution is -2.29. The summed E-state index contributed by atoms with van der Waals surface area (Å²) in [5.74, 6) is 0. The summed E-state index contributed by atoms with van der Waals surface area (Å²) < 4.78 is 25.3. The van der Waals surface area contributed by atoms with Crippen LogP contribution in [-0.4, -0.2) is 14.7 Å². The van der Waals surface area contributed by atoms with E-state index in [-0.39, 0.29) is 6.54 Å². The fourth-order valence-corrected chi connectivity index (χ4v) is 3.24. The van der Waals surface area contributed by atoms with Crippen molar-refractivity contribution in [2.24, 2.45) is 0 Å². The average Bonchev–Trinajstić information content (AvgIpc) is 2.36. The van der Waals surface area contributed by atoms with Crippen LogP contribution in [0, 0.1) is 0 Å². The Morgan fingerprint density at radius 1 is 1.05 bits per heavy atom. The summed E-state index contributed by atoms with van der Waals surface area (Å²) in [7, 11) is -3.45. The van der Waals surface area contributed by atoms with E-state index in [1.807, 2.05) is 6.07 Å². The molecule has 2 rings (SSSR count).